The molecule has 3 heteroatoms. The van der Waals surface area contributed by atoms with Gasteiger partial charge in [0.15, 0.2) is 11.2 Å². The van der Waals surface area contributed by atoms with Crippen LogP contribution >= 0.6 is 0 Å². The number of Topliss-reactive ketones (excluding diaryl/α,β-unsaturated/α-hetero) is 1. The molecule has 0 N–H and O–H groups in total. The summed E-state index contributed by atoms with van der Waals surface area (Å²) >= 11 is 0. The van der Waals surface area contributed by atoms with Crippen LogP contribution in [-0.2, 0) is 0 Å². The Morgan fingerprint density at radius 1 is 1.00 bits per heavy atom. The van der Waals surface area contributed by atoms with E-state index < -0.39 is 0 Å². The maximum atomic E-state index is 11.9. The van der Waals surface area contributed by atoms with E-state index in [4.69, 9.17) is 0 Å². The molecule has 104 valence electrons. The highest BCUT2D eigenvalue weighted by Crippen LogP contribution is 2.22. The number of nitrogens with zero attached hydrogens (tertiary/aromatic N) is 1. The molecule has 3 nitrogen and oxygen atoms in total. The molecule has 0 saturated carbocycles. The second kappa shape index (κ2) is 5.08. The lowest BCUT2D eigenvalue weighted by Crippen LogP contribution is -2.18. The van der Waals surface area contributed by atoms with Crippen LogP contribution in [0.1, 0.15) is 39.7 Å². The number of benzene rings is 1. The molecular weight excluding hydrogens is 250 g/mol. The summed E-state index contributed by atoms with van der Waals surface area (Å²) < 4.78 is 1.93. The molecule has 2 rings (SSSR count). The van der Waals surface area contributed by atoms with Gasteiger partial charge < -0.3 is 4.57 Å². The Morgan fingerprint density at radius 2 is 1.55 bits per heavy atom. The van der Waals surface area contributed by atoms with Gasteiger partial charge in [0.2, 0.25) is 0 Å². The molecule has 0 amide bonds. The second-order valence-corrected chi connectivity index (χ2v) is 5.37. The van der Waals surface area contributed by atoms with Crippen molar-refractivity contribution < 1.29 is 4.79 Å². The van der Waals surface area contributed by atoms with Gasteiger partial charge in [-0.1, -0.05) is 17.7 Å². The number of ketones is 1. The molecule has 0 aliphatic heterocycles. The Balaban J connectivity index is 2.80. The maximum absolute atomic E-state index is 11.9. The van der Waals surface area contributed by atoms with Crippen LogP contribution < -0.4 is 5.43 Å². The van der Waals surface area contributed by atoms with Crippen molar-refractivity contribution in [2.24, 2.45) is 0 Å². The summed E-state index contributed by atoms with van der Waals surface area (Å²) in [5.41, 5.74) is 5.34. The first kappa shape index (κ1) is 14.3. The van der Waals surface area contributed by atoms with Crippen molar-refractivity contribution in [1.82, 2.24) is 4.57 Å². The molecule has 0 bridgehead atoms. The lowest BCUT2D eigenvalue weighted by molar-refractivity contribution is 0.101. The molecule has 20 heavy (non-hydrogen) atoms. The van der Waals surface area contributed by atoms with Crippen molar-refractivity contribution in [3.05, 3.63) is 62.6 Å². The number of hydrogen-bond donors (Lipinski definition) is 0. The van der Waals surface area contributed by atoms with Crippen LogP contribution in [0.2, 0.25) is 0 Å². The number of aromatic nitrogens is 1. The quantitative estimate of drug-likeness (QED) is 0.785. The molecule has 0 radical (unpaired) electrons. The van der Waals surface area contributed by atoms with Gasteiger partial charge in [0, 0.05) is 18.0 Å². The van der Waals surface area contributed by atoms with E-state index in [0.717, 1.165) is 22.5 Å². The summed E-state index contributed by atoms with van der Waals surface area (Å²) in [5.74, 6) is -0.203. The van der Waals surface area contributed by atoms with E-state index in [-0.39, 0.29) is 16.8 Å². The van der Waals surface area contributed by atoms with Crippen molar-refractivity contribution >= 4 is 5.78 Å². The van der Waals surface area contributed by atoms with Gasteiger partial charge in [-0.3, -0.25) is 9.59 Å². The molecule has 0 atom stereocenters. The molecule has 0 aliphatic rings. The Morgan fingerprint density at radius 3 is 2.05 bits per heavy atom. The average molecular weight is 269 g/mol. The van der Waals surface area contributed by atoms with Gasteiger partial charge >= 0.3 is 0 Å². The first-order valence-electron chi connectivity index (χ1n) is 6.63. The minimum atomic E-state index is -0.214. The number of rotatable bonds is 2. The van der Waals surface area contributed by atoms with Crippen molar-refractivity contribution in [3.8, 4) is 5.69 Å². The zero-order valence-electron chi connectivity index (χ0n) is 12.6. The molecule has 1 aromatic heterocycles. The molecule has 0 aliphatic carbocycles. The van der Waals surface area contributed by atoms with Gasteiger partial charge in [-0.25, -0.2) is 0 Å². The fraction of sp³-hybridized carbons (Fsp3) is 0.294. The summed E-state index contributed by atoms with van der Waals surface area (Å²) in [6.07, 6.45) is 1.66. The summed E-state index contributed by atoms with van der Waals surface area (Å²) in [4.78, 5) is 23.4. The van der Waals surface area contributed by atoms with Gasteiger partial charge in [0.25, 0.3) is 0 Å². The van der Waals surface area contributed by atoms with Crippen molar-refractivity contribution in [2.45, 2.75) is 34.6 Å². The van der Waals surface area contributed by atoms with Crippen LogP contribution in [0.25, 0.3) is 5.69 Å². The van der Waals surface area contributed by atoms with Gasteiger partial charge in [0.1, 0.15) is 0 Å². The van der Waals surface area contributed by atoms with E-state index in [1.807, 2.05) is 25.3 Å². The molecule has 0 unspecified atom stereocenters. The van der Waals surface area contributed by atoms with E-state index in [0.29, 0.717) is 0 Å². The molecule has 2 aromatic rings. The maximum Gasteiger partial charge on any atom is 0.192 e. The fourth-order valence-corrected chi connectivity index (χ4v) is 2.69. The number of hydrogen-bond acceptors (Lipinski definition) is 2. The van der Waals surface area contributed by atoms with Crippen LogP contribution in [-0.4, -0.2) is 10.4 Å². The standard InChI is InChI=1S/C17H19NO2/c1-10-6-11(2)17(12(3)7-10)18-9-15(14(5)19)16(20)8-13(18)4/h6-9H,1-5H3. The first-order chi connectivity index (χ1) is 9.31. The third-order valence-corrected chi connectivity index (χ3v) is 3.50. The van der Waals surface area contributed by atoms with E-state index in [1.165, 1.54) is 18.6 Å². The summed E-state index contributed by atoms with van der Waals surface area (Å²) in [5, 5.41) is 0. The largest absolute Gasteiger partial charge is 0.320 e. The Bertz CT molecular complexity index is 731. The molecule has 1 aromatic carbocycles. The Hall–Kier alpha value is -2.16. The van der Waals surface area contributed by atoms with Gasteiger partial charge in [-0.05, 0) is 45.7 Å². The molecule has 0 spiro atoms. The minimum absolute atomic E-state index is 0.203. The molecule has 0 fully saturated rings. The lowest BCUT2D eigenvalue weighted by atomic mass is 10.0. The number of carbonyl (C=O) groups excluding carboxylic acids is 1. The smallest absolute Gasteiger partial charge is 0.192 e. The predicted octanol–water partition coefficient (Wildman–Crippen LogP) is 3.27. The Labute approximate surface area is 118 Å². The average Bonchev–Trinajstić information content (AvgIpc) is 2.29. The zero-order valence-corrected chi connectivity index (χ0v) is 12.6. The van der Waals surface area contributed by atoms with Crippen LogP contribution in [0.4, 0.5) is 0 Å². The van der Waals surface area contributed by atoms with Crippen molar-refractivity contribution in [2.75, 3.05) is 0 Å². The summed E-state index contributed by atoms with van der Waals surface area (Å²) in [7, 11) is 0. The minimum Gasteiger partial charge on any atom is -0.320 e. The van der Waals surface area contributed by atoms with Crippen LogP contribution in [0.3, 0.4) is 0 Å². The molecule has 1 heterocycles. The van der Waals surface area contributed by atoms with Crippen LogP contribution in [0.15, 0.2) is 29.2 Å². The van der Waals surface area contributed by atoms with Crippen LogP contribution in [0, 0.1) is 27.7 Å². The van der Waals surface area contributed by atoms with Gasteiger partial charge in [-0.15, -0.1) is 0 Å². The zero-order chi connectivity index (χ0) is 15.0. The topological polar surface area (TPSA) is 39.1 Å². The van der Waals surface area contributed by atoms with Gasteiger partial charge in [0.05, 0.1) is 11.3 Å². The SMILES string of the molecule is CC(=O)c1cn(-c2c(C)cc(C)cc2C)c(C)cc1=O. The third-order valence-electron chi connectivity index (χ3n) is 3.50. The van der Waals surface area contributed by atoms with E-state index in [2.05, 4.69) is 19.1 Å². The van der Waals surface area contributed by atoms with E-state index in [9.17, 15) is 9.59 Å². The molecule has 0 saturated heterocycles. The molecular formula is C17H19NO2. The predicted molar refractivity (Wildman–Crippen MR) is 81.0 cm³/mol. The highest BCUT2D eigenvalue weighted by molar-refractivity contribution is 5.93. The van der Waals surface area contributed by atoms with Crippen molar-refractivity contribution in [3.63, 3.8) is 0 Å². The summed E-state index contributed by atoms with van der Waals surface area (Å²) in [6.45, 7) is 9.44. The highest BCUT2D eigenvalue weighted by Gasteiger charge is 2.12. The monoisotopic (exact) mass is 269 g/mol. The summed E-state index contributed by atoms with van der Waals surface area (Å²) in [6, 6.07) is 5.73. The first-order valence-corrected chi connectivity index (χ1v) is 6.63. The number of pyridine rings is 1. The van der Waals surface area contributed by atoms with E-state index in [1.54, 1.807) is 6.20 Å². The van der Waals surface area contributed by atoms with E-state index >= 15 is 0 Å². The van der Waals surface area contributed by atoms with Crippen molar-refractivity contribution in [1.29, 1.82) is 0 Å². The fourth-order valence-electron chi connectivity index (χ4n) is 2.69. The van der Waals surface area contributed by atoms with Gasteiger partial charge in [-0.2, -0.15) is 0 Å². The highest BCUT2D eigenvalue weighted by atomic mass is 16.1. The lowest BCUT2D eigenvalue weighted by Gasteiger charge is -2.17. The normalized spacial score (nSPS) is 10.7. The second-order valence-electron chi connectivity index (χ2n) is 5.37. The number of aryl methyl sites for hydroxylation is 4. The Kier molecular flexibility index (Phi) is 3.62. The van der Waals surface area contributed by atoms with Crippen LogP contribution in [0.5, 0.6) is 0 Å². The third kappa shape index (κ3) is 2.44. The number of carbonyl (C=O) groups is 1.